The van der Waals surface area contributed by atoms with Crippen molar-refractivity contribution in [2.24, 2.45) is 5.73 Å². The van der Waals surface area contributed by atoms with Crippen molar-refractivity contribution in [3.8, 4) is 11.1 Å². The number of carbonyl (C=O) groups is 1. The van der Waals surface area contributed by atoms with Crippen molar-refractivity contribution in [3.63, 3.8) is 0 Å². The number of aromatic nitrogens is 2. The SMILES string of the molecule is Cc1nc(NC(N)=O)ccc1-c1ccncc1. The molecule has 0 aliphatic rings. The van der Waals surface area contributed by atoms with Crippen molar-refractivity contribution in [3.05, 3.63) is 42.4 Å². The van der Waals surface area contributed by atoms with Gasteiger partial charge in [-0.15, -0.1) is 0 Å². The number of pyridine rings is 2. The normalized spacial score (nSPS) is 9.94. The molecule has 0 aromatic carbocycles. The van der Waals surface area contributed by atoms with Crippen LogP contribution in [0.5, 0.6) is 0 Å². The number of rotatable bonds is 2. The van der Waals surface area contributed by atoms with Gasteiger partial charge in [-0.05, 0) is 36.8 Å². The number of carbonyl (C=O) groups excluding carboxylic acids is 1. The first-order valence-corrected chi connectivity index (χ1v) is 5.11. The summed E-state index contributed by atoms with van der Waals surface area (Å²) in [6, 6.07) is 6.81. The molecule has 2 rings (SSSR count). The molecule has 0 atom stereocenters. The van der Waals surface area contributed by atoms with Crippen LogP contribution < -0.4 is 11.1 Å². The molecular weight excluding hydrogens is 216 g/mol. The molecule has 5 heteroatoms. The Hall–Kier alpha value is -2.43. The van der Waals surface area contributed by atoms with Crippen LogP contribution in [0.1, 0.15) is 5.69 Å². The molecule has 0 spiro atoms. The van der Waals surface area contributed by atoms with Gasteiger partial charge in [0, 0.05) is 23.7 Å². The van der Waals surface area contributed by atoms with Crippen molar-refractivity contribution >= 4 is 11.8 Å². The maximum Gasteiger partial charge on any atom is 0.317 e. The van der Waals surface area contributed by atoms with Gasteiger partial charge >= 0.3 is 6.03 Å². The van der Waals surface area contributed by atoms with E-state index in [2.05, 4.69) is 15.3 Å². The van der Waals surface area contributed by atoms with Crippen molar-refractivity contribution in [1.29, 1.82) is 0 Å². The first kappa shape index (κ1) is 11.1. The zero-order valence-corrected chi connectivity index (χ0v) is 9.34. The fourth-order valence-corrected chi connectivity index (χ4v) is 1.59. The molecule has 0 unspecified atom stereocenters. The van der Waals surface area contributed by atoms with E-state index in [0.29, 0.717) is 5.82 Å². The number of amides is 2. The average Bonchev–Trinajstić information content (AvgIpc) is 2.29. The van der Waals surface area contributed by atoms with E-state index in [1.54, 1.807) is 18.5 Å². The van der Waals surface area contributed by atoms with Crippen LogP contribution in [-0.2, 0) is 0 Å². The summed E-state index contributed by atoms with van der Waals surface area (Å²) in [5.74, 6) is 0.452. The molecule has 0 aliphatic carbocycles. The van der Waals surface area contributed by atoms with Crippen LogP contribution in [0.15, 0.2) is 36.7 Å². The molecular formula is C12H12N4O. The highest BCUT2D eigenvalue weighted by Crippen LogP contribution is 2.22. The van der Waals surface area contributed by atoms with E-state index < -0.39 is 6.03 Å². The van der Waals surface area contributed by atoms with Gasteiger partial charge in [-0.3, -0.25) is 10.3 Å². The zero-order valence-electron chi connectivity index (χ0n) is 9.34. The van der Waals surface area contributed by atoms with E-state index in [1.165, 1.54) is 0 Å². The number of aryl methyl sites for hydroxylation is 1. The summed E-state index contributed by atoms with van der Waals surface area (Å²) in [6.45, 7) is 1.88. The smallest absolute Gasteiger partial charge is 0.317 e. The van der Waals surface area contributed by atoms with E-state index in [0.717, 1.165) is 16.8 Å². The van der Waals surface area contributed by atoms with Gasteiger partial charge in [0.25, 0.3) is 0 Å². The Bertz CT molecular complexity index is 539. The highest BCUT2D eigenvalue weighted by atomic mass is 16.2. The Kier molecular flexibility index (Phi) is 3.00. The lowest BCUT2D eigenvalue weighted by Crippen LogP contribution is -2.20. The number of anilines is 1. The Morgan fingerprint density at radius 2 is 1.94 bits per heavy atom. The van der Waals surface area contributed by atoms with Crippen molar-refractivity contribution < 1.29 is 4.79 Å². The Morgan fingerprint density at radius 1 is 1.24 bits per heavy atom. The lowest BCUT2D eigenvalue weighted by atomic mass is 10.1. The third-order valence-electron chi connectivity index (χ3n) is 2.33. The first-order valence-electron chi connectivity index (χ1n) is 5.11. The maximum absolute atomic E-state index is 10.7. The number of urea groups is 1. The summed E-state index contributed by atoms with van der Waals surface area (Å²) < 4.78 is 0. The number of nitrogens with zero attached hydrogens (tertiary/aromatic N) is 2. The number of nitrogens with two attached hydrogens (primary N) is 1. The third-order valence-corrected chi connectivity index (χ3v) is 2.33. The summed E-state index contributed by atoms with van der Waals surface area (Å²) in [7, 11) is 0. The summed E-state index contributed by atoms with van der Waals surface area (Å²) in [6.07, 6.45) is 3.45. The van der Waals surface area contributed by atoms with Gasteiger partial charge in [0.15, 0.2) is 0 Å². The summed E-state index contributed by atoms with van der Waals surface area (Å²) in [5.41, 5.74) is 7.89. The predicted octanol–water partition coefficient (Wildman–Crippen LogP) is 1.94. The third kappa shape index (κ3) is 2.57. The molecule has 2 aromatic rings. The molecule has 2 aromatic heterocycles. The standard InChI is InChI=1S/C12H12N4O/c1-8-10(9-4-6-14-7-5-9)2-3-11(15-8)16-12(13)17/h2-7H,1H3,(H3,13,15,16,17). The van der Waals surface area contributed by atoms with Crippen LogP contribution >= 0.6 is 0 Å². The molecule has 17 heavy (non-hydrogen) atoms. The van der Waals surface area contributed by atoms with E-state index >= 15 is 0 Å². The van der Waals surface area contributed by atoms with E-state index in [9.17, 15) is 4.79 Å². The summed E-state index contributed by atoms with van der Waals surface area (Å²) >= 11 is 0. The second-order valence-corrected chi connectivity index (χ2v) is 3.55. The topological polar surface area (TPSA) is 80.9 Å². The van der Waals surface area contributed by atoms with Gasteiger partial charge in [-0.1, -0.05) is 0 Å². The molecule has 5 nitrogen and oxygen atoms in total. The molecule has 2 heterocycles. The van der Waals surface area contributed by atoms with Gasteiger partial charge in [-0.25, -0.2) is 9.78 Å². The Balaban J connectivity index is 2.35. The molecule has 86 valence electrons. The van der Waals surface area contributed by atoms with Crippen molar-refractivity contribution in [1.82, 2.24) is 9.97 Å². The number of nitrogens with one attached hydrogen (secondary N) is 1. The van der Waals surface area contributed by atoms with Crippen LogP contribution in [0.25, 0.3) is 11.1 Å². The first-order chi connectivity index (χ1) is 8.16. The van der Waals surface area contributed by atoms with E-state index in [-0.39, 0.29) is 0 Å². The number of primary amides is 1. The lowest BCUT2D eigenvalue weighted by molar-refractivity contribution is 0.259. The molecule has 0 saturated heterocycles. The minimum absolute atomic E-state index is 0.452. The van der Waals surface area contributed by atoms with Gasteiger partial charge in [0.05, 0.1) is 0 Å². The molecule has 0 fully saturated rings. The van der Waals surface area contributed by atoms with Crippen LogP contribution in [0.2, 0.25) is 0 Å². The van der Waals surface area contributed by atoms with Crippen LogP contribution in [0.4, 0.5) is 10.6 Å². The Labute approximate surface area is 98.7 Å². The van der Waals surface area contributed by atoms with Gasteiger partial charge in [0.2, 0.25) is 0 Å². The molecule has 0 radical (unpaired) electrons. The minimum Gasteiger partial charge on any atom is -0.351 e. The monoisotopic (exact) mass is 228 g/mol. The zero-order chi connectivity index (χ0) is 12.3. The lowest BCUT2D eigenvalue weighted by Gasteiger charge is -2.07. The van der Waals surface area contributed by atoms with Crippen LogP contribution in [0, 0.1) is 6.92 Å². The fourth-order valence-electron chi connectivity index (χ4n) is 1.59. The minimum atomic E-state index is -0.617. The van der Waals surface area contributed by atoms with E-state index in [1.807, 2.05) is 25.1 Å². The molecule has 2 amide bonds. The molecule has 0 saturated carbocycles. The van der Waals surface area contributed by atoms with Gasteiger partial charge in [-0.2, -0.15) is 0 Å². The summed E-state index contributed by atoms with van der Waals surface area (Å²) in [5, 5.41) is 2.44. The van der Waals surface area contributed by atoms with Crippen LogP contribution in [0.3, 0.4) is 0 Å². The fraction of sp³-hybridized carbons (Fsp3) is 0.0833. The predicted molar refractivity (Wildman–Crippen MR) is 65.4 cm³/mol. The molecule has 0 aliphatic heterocycles. The quantitative estimate of drug-likeness (QED) is 0.824. The van der Waals surface area contributed by atoms with Gasteiger partial charge in [0.1, 0.15) is 5.82 Å². The van der Waals surface area contributed by atoms with Crippen LogP contribution in [-0.4, -0.2) is 16.0 Å². The largest absolute Gasteiger partial charge is 0.351 e. The highest BCUT2D eigenvalue weighted by molar-refractivity contribution is 5.87. The molecule has 3 N–H and O–H groups in total. The number of hydrogen-bond donors (Lipinski definition) is 2. The maximum atomic E-state index is 10.7. The second-order valence-electron chi connectivity index (χ2n) is 3.55. The van der Waals surface area contributed by atoms with E-state index in [4.69, 9.17) is 5.73 Å². The van der Waals surface area contributed by atoms with Crippen molar-refractivity contribution in [2.45, 2.75) is 6.92 Å². The Morgan fingerprint density at radius 3 is 2.53 bits per heavy atom. The van der Waals surface area contributed by atoms with Crippen molar-refractivity contribution in [2.75, 3.05) is 5.32 Å². The number of hydrogen-bond acceptors (Lipinski definition) is 3. The highest BCUT2D eigenvalue weighted by Gasteiger charge is 2.05. The van der Waals surface area contributed by atoms with Gasteiger partial charge < -0.3 is 5.73 Å². The second kappa shape index (κ2) is 4.61. The summed E-state index contributed by atoms with van der Waals surface area (Å²) in [4.78, 5) is 18.9. The molecule has 0 bridgehead atoms. The average molecular weight is 228 g/mol.